The Bertz CT molecular complexity index is 526. The number of carbonyl (C=O) groups is 1. The predicted octanol–water partition coefficient (Wildman–Crippen LogP) is 2.06. The second-order valence-electron chi connectivity index (χ2n) is 3.59. The average Bonchev–Trinajstić information content (AvgIpc) is 2.39. The fourth-order valence-electron chi connectivity index (χ4n) is 1.50. The molecule has 0 aliphatic heterocycles. The quantitative estimate of drug-likeness (QED) is 0.856. The fourth-order valence-corrected chi connectivity index (χ4v) is 1.50. The van der Waals surface area contributed by atoms with E-state index in [0.29, 0.717) is 5.69 Å². The third-order valence-electron chi connectivity index (χ3n) is 2.47. The minimum atomic E-state index is -0.267. The zero-order chi connectivity index (χ0) is 12.3. The summed E-state index contributed by atoms with van der Waals surface area (Å²) in [7, 11) is 1.64. The number of para-hydroxylation sites is 1. The van der Waals surface area contributed by atoms with Crippen molar-refractivity contribution in [3.8, 4) is 5.75 Å². The van der Waals surface area contributed by atoms with Crippen LogP contribution in [0.5, 0.6) is 5.75 Å². The maximum atomic E-state index is 12.1. The van der Waals surface area contributed by atoms with Crippen molar-refractivity contribution < 1.29 is 9.90 Å². The van der Waals surface area contributed by atoms with Gasteiger partial charge in [-0.3, -0.25) is 9.78 Å². The predicted molar refractivity (Wildman–Crippen MR) is 65.1 cm³/mol. The third kappa shape index (κ3) is 2.25. The van der Waals surface area contributed by atoms with Crippen LogP contribution in [0.1, 0.15) is 10.4 Å². The van der Waals surface area contributed by atoms with Crippen molar-refractivity contribution >= 4 is 11.6 Å². The molecule has 0 aliphatic carbocycles. The minimum Gasteiger partial charge on any atom is -0.507 e. The molecule has 1 heterocycles. The van der Waals surface area contributed by atoms with Crippen LogP contribution in [-0.4, -0.2) is 23.0 Å². The standard InChI is InChI=1S/C13H12N2O2/c1-15(10-5-4-8-14-9-10)13(17)11-6-2-3-7-12(11)16/h2-9,16H,1H3. The van der Waals surface area contributed by atoms with E-state index < -0.39 is 0 Å². The summed E-state index contributed by atoms with van der Waals surface area (Å²) in [5, 5.41) is 9.61. The van der Waals surface area contributed by atoms with Crippen molar-refractivity contribution in [2.24, 2.45) is 0 Å². The number of carbonyl (C=O) groups excluding carboxylic acids is 1. The number of nitrogens with zero attached hydrogens (tertiary/aromatic N) is 2. The molecule has 0 bridgehead atoms. The number of anilines is 1. The second kappa shape index (κ2) is 4.65. The van der Waals surface area contributed by atoms with Crippen molar-refractivity contribution in [2.45, 2.75) is 0 Å². The molecule has 0 unspecified atom stereocenters. The summed E-state index contributed by atoms with van der Waals surface area (Å²) in [5.41, 5.74) is 0.958. The first-order valence-electron chi connectivity index (χ1n) is 5.16. The van der Waals surface area contributed by atoms with Crippen molar-refractivity contribution in [3.63, 3.8) is 0 Å². The summed E-state index contributed by atoms with van der Waals surface area (Å²) in [5.74, 6) is -0.288. The number of phenols is 1. The van der Waals surface area contributed by atoms with Crippen LogP contribution in [0.3, 0.4) is 0 Å². The van der Waals surface area contributed by atoms with E-state index in [1.807, 2.05) is 0 Å². The summed E-state index contributed by atoms with van der Waals surface area (Å²) >= 11 is 0. The number of phenolic OH excluding ortho intramolecular Hbond substituents is 1. The van der Waals surface area contributed by atoms with Gasteiger partial charge in [0.2, 0.25) is 0 Å². The Morgan fingerprint density at radius 3 is 2.65 bits per heavy atom. The average molecular weight is 228 g/mol. The number of benzene rings is 1. The third-order valence-corrected chi connectivity index (χ3v) is 2.47. The van der Waals surface area contributed by atoms with Crippen LogP contribution in [0, 0.1) is 0 Å². The largest absolute Gasteiger partial charge is 0.507 e. The Morgan fingerprint density at radius 2 is 2.00 bits per heavy atom. The molecule has 86 valence electrons. The maximum absolute atomic E-state index is 12.1. The van der Waals surface area contributed by atoms with E-state index in [1.165, 1.54) is 11.0 Å². The normalized spacial score (nSPS) is 9.94. The number of pyridine rings is 1. The summed E-state index contributed by atoms with van der Waals surface area (Å²) in [6.45, 7) is 0. The Morgan fingerprint density at radius 1 is 1.24 bits per heavy atom. The summed E-state index contributed by atoms with van der Waals surface area (Å²) in [4.78, 5) is 17.5. The Hall–Kier alpha value is -2.36. The second-order valence-corrected chi connectivity index (χ2v) is 3.59. The van der Waals surface area contributed by atoms with Gasteiger partial charge < -0.3 is 10.0 Å². The highest BCUT2D eigenvalue weighted by Gasteiger charge is 2.16. The lowest BCUT2D eigenvalue weighted by Crippen LogP contribution is -2.26. The zero-order valence-corrected chi connectivity index (χ0v) is 9.37. The van der Waals surface area contributed by atoms with Crippen molar-refractivity contribution in [1.82, 2.24) is 4.98 Å². The number of aromatic hydroxyl groups is 1. The molecule has 0 saturated carbocycles. The molecule has 1 aromatic carbocycles. The van der Waals surface area contributed by atoms with Gasteiger partial charge in [-0.1, -0.05) is 12.1 Å². The molecule has 0 atom stereocenters. The molecule has 1 aromatic heterocycles. The number of aromatic nitrogens is 1. The van der Waals surface area contributed by atoms with Gasteiger partial charge in [-0.15, -0.1) is 0 Å². The van der Waals surface area contributed by atoms with E-state index in [4.69, 9.17) is 0 Å². The molecular formula is C13H12N2O2. The number of hydrogen-bond donors (Lipinski definition) is 1. The molecule has 4 heteroatoms. The highest BCUT2D eigenvalue weighted by molar-refractivity contribution is 6.07. The minimum absolute atomic E-state index is 0.0201. The van der Waals surface area contributed by atoms with Crippen LogP contribution in [0.4, 0.5) is 5.69 Å². The van der Waals surface area contributed by atoms with E-state index in [9.17, 15) is 9.90 Å². The van der Waals surface area contributed by atoms with Gasteiger partial charge in [0.25, 0.3) is 5.91 Å². The molecule has 2 aromatic rings. The van der Waals surface area contributed by atoms with E-state index in [0.717, 1.165) is 0 Å². The van der Waals surface area contributed by atoms with Gasteiger partial charge in [0.05, 0.1) is 17.4 Å². The van der Waals surface area contributed by atoms with E-state index >= 15 is 0 Å². The van der Waals surface area contributed by atoms with Gasteiger partial charge in [-0.25, -0.2) is 0 Å². The first kappa shape index (κ1) is 11.1. The number of rotatable bonds is 2. The summed E-state index contributed by atoms with van der Waals surface area (Å²) in [6, 6.07) is 10.0. The molecule has 0 fully saturated rings. The highest BCUT2D eigenvalue weighted by atomic mass is 16.3. The van der Waals surface area contributed by atoms with Crippen LogP contribution in [0.2, 0.25) is 0 Å². The van der Waals surface area contributed by atoms with Crippen LogP contribution in [0.15, 0.2) is 48.8 Å². The lowest BCUT2D eigenvalue weighted by Gasteiger charge is -2.17. The van der Waals surface area contributed by atoms with Crippen LogP contribution < -0.4 is 4.90 Å². The molecule has 1 N–H and O–H groups in total. The smallest absolute Gasteiger partial charge is 0.261 e. The fraction of sp³-hybridized carbons (Fsp3) is 0.0769. The maximum Gasteiger partial charge on any atom is 0.261 e. The van der Waals surface area contributed by atoms with Gasteiger partial charge in [0, 0.05) is 13.2 Å². The van der Waals surface area contributed by atoms with Crippen LogP contribution >= 0.6 is 0 Å². The SMILES string of the molecule is CN(C(=O)c1ccccc1O)c1cccnc1. The van der Waals surface area contributed by atoms with Gasteiger partial charge in [0.15, 0.2) is 0 Å². The van der Waals surface area contributed by atoms with Crippen molar-refractivity contribution in [1.29, 1.82) is 0 Å². The molecule has 17 heavy (non-hydrogen) atoms. The van der Waals surface area contributed by atoms with Crippen LogP contribution in [0.25, 0.3) is 0 Å². The molecule has 2 rings (SSSR count). The van der Waals surface area contributed by atoms with E-state index in [1.54, 1.807) is 49.8 Å². The molecule has 0 saturated heterocycles. The van der Waals surface area contributed by atoms with Gasteiger partial charge >= 0.3 is 0 Å². The lowest BCUT2D eigenvalue weighted by atomic mass is 10.1. The molecule has 0 spiro atoms. The molecule has 0 aliphatic rings. The molecule has 1 amide bonds. The zero-order valence-electron chi connectivity index (χ0n) is 9.37. The number of hydrogen-bond acceptors (Lipinski definition) is 3. The number of amides is 1. The monoisotopic (exact) mass is 228 g/mol. The van der Waals surface area contributed by atoms with E-state index in [-0.39, 0.29) is 17.2 Å². The highest BCUT2D eigenvalue weighted by Crippen LogP contribution is 2.20. The van der Waals surface area contributed by atoms with E-state index in [2.05, 4.69) is 4.98 Å². The molecular weight excluding hydrogens is 216 g/mol. The van der Waals surface area contributed by atoms with Crippen molar-refractivity contribution in [3.05, 3.63) is 54.4 Å². The summed E-state index contributed by atoms with van der Waals surface area (Å²) in [6.07, 6.45) is 3.24. The van der Waals surface area contributed by atoms with Gasteiger partial charge in [0.1, 0.15) is 5.75 Å². The molecule has 0 radical (unpaired) electrons. The van der Waals surface area contributed by atoms with Crippen molar-refractivity contribution in [2.75, 3.05) is 11.9 Å². The lowest BCUT2D eigenvalue weighted by molar-refractivity contribution is 0.0990. The van der Waals surface area contributed by atoms with Gasteiger partial charge in [-0.2, -0.15) is 0 Å². The van der Waals surface area contributed by atoms with Crippen LogP contribution in [-0.2, 0) is 0 Å². The Balaban J connectivity index is 2.30. The molecule has 4 nitrogen and oxygen atoms in total. The Kier molecular flexibility index (Phi) is 3.05. The topological polar surface area (TPSA) is 53.4 Å². The first-order valence-corrected chi connectivity index (χ1v) is 5.16. The first-order chi connectivity index (χ1) is 8.20. The van der Waals surface area contributed by atoms with Gasteiger partial charge in [-0.05, 0) is 24.3 Å². The summed E-state index contributed by atoms with van der Waals surface area (Å²) < 4.78 is 0. The Labute approximate surface area is 99.2 Å².